The Morgan fingerprint density at radius 2 is 1.16 bits per heavy atom. The molecule has 0 aliphatic heterocycles. The molecule has 1 aliphatic rings. The molecule has 0 saturated heterocycles. The molecule has 7 aromatic carbocycles. The van der Waals surface area contributed by atoms with Crippen LogP contribution in [0.25, 0.3) is 92.3 Å². The zero-order valence-corrected chi connectivity index (χ0v) is 29.0. The molecule has 3 heterocycles. The largest absolute Gasteiger partial charge is 0.309 e. The fraction of sp³-hybridized carbons (Fsp3) is 0.0638. The van der Waals surface area contributed by atoms with Gasteiger partial charge in [0.25, 0.3) is 0 Å². The molecule has 0 bridgehead atoms. The van der Waals surface area contributed by atoms with E-state index in [-0.39, 0.29) is 5.41 Å². The zero-order chi connectivity index (χ0) is 33.8. The van der Waals surface area contributed by atoms with Crippen LogP contribution >= 0.6 is 11.3 Å². The molecule has 240 valence electrons. The predicted octanol–water partition coefficient (Wildman–Crippen LogP) is 12.7. The molecule has 0 unspecified atom stereocenters. The van der Waals surface area contributed by atoms with E-state index in [0.717, 1.165) is 33.5 Å². The molecule has 10 aromatic rings. The maximum Gasteiger partial charge on any atom is 0.161 e. The molecular weight excluding hydrogens is 639 g/mol. The minimum Gasteiger partial charge on any atom is -0.309 e. The van der Waals surface area contributed by atoms with Gasteiger partial charge in [0.1, 0.15) is 0 Å². The first kappa shape index (κ1) is 28.7. The Morgan fingerprint density at radius 3 is 2.06 bits per heavy atom. The lowest BCUT2D eigenvalue weighted by atomic mass is 9.82. The summed E-state index contributed by atoms with van der Waals surface area (Å²) in [6, 6.07) is 54.7. The molecule has 4 heteroatoms. The Morgan fingerprint density at radius 1 is 0.490 bits per heavy atom. The number of hydrogen-bond donors (Lipinski definition) is 0. The average molecular weight is 670 g/mol. The SMILES string of the molecule is CC1(C)c2ccccc2-c2c(-c3nc(-c4cccc5c4sc4c5ccc5c4c4ccccc4n5-c4ccccc4)nc4ccccc34)cccc21. The van der Waals surface area contributed by atoms with E-state index in [1.165, 1.54) is 69.9 Å². The first-order valence-electron chi connectivity index (χ1n) is 17.5. The highest BCUT2D eigenvalue weighted by Gasteiger charge is 2.37. The van der Waals surface area contributed by atoms with Crippen LogP contribution in [0.5, 0.6) is 0 Å². The maximum atomic E-state index is 5.51. The number of rotatable bonds is 3. The third kappa shape index (κ3) is 3.94. The van der Waals surface area contributed by atoms with E-state index >= 15 is 0 Å². The highest BCUT2D eigenvalue weighted by atomic mass is 32.1. The van der Waals surface area contributed by atoms with E-state index in [0.29, 0.717) is 0 Å². The van der Waals surface area contributed by atoms with Gasteiger partial charge in [0.2, 0.25) is 0 Å². The van der Waals surface area contributed by atoms with Crippen LogP contribution in [0, 0.1) is 0 Å². The van der Waals surface area contributed by atoms with Crippen LogP contribution in [0.2, 0.25) is 0 Å². The Kier molecular flexibility index (Phi) is 5.89. The Bertz CT molecular complexity index is 3060. The predicted molar refractivity (Wildman–Crippen MR) is 215 cm³/mol. The van der Waals surface area contributed by atoms with Crippen molar-refractivity contribution in [2.45, 2.75) is 19.3 Å². The van der Waals surface area contributed by atoms with Crippen LogP contribution in [0.15, 0.2) is 152 Å². The molecule has 0 fully saturated rings. The molecular formula is C47H31N3S. The molecule has 0 amide bonds. The van der Waals surface area contributed by atoms with Crippen LogP contribution in [0.3, 0.4) is 0 Å². The number of thiophene rings is 1. The van der Waals surface area contributed by atoms with Gasteiger partial charge in [0.15, 0.2) is 5.82 Å². The van der Waals surface area contributed by atoms with Crippen molar-refractivity contribution < 1.29 is 0 Å². The molecule has 0 saturated carbocycles. The molecule has 11 rings (SSSR count). The minimum atomic E-state index is -0.0920. The Labute approximate surface area is 299 Å². The van der Waals surface area contributed by atoms with Crippen molar-refractivity contribution in [3.63, 3.8) is 0 Å². The minimum absolute atomic E-state index is 0.0920. The topological polar surface area (TPSA) is 30.7 Å². The lowest BCUT2D eigenvalue weighted by Gasteiger charge is -2.21. The molecule has 0 spiro atoms. The Hall–Kier alpha value is -6.10. The Balaban J connectivity index is 1.19. The normalized spacial score (nSPS) is 13.5. The van der Waals surface area contributed by atoms with Crippen molar-refractivity contribution >= 4 is 64.2 Å². The standard InChI is InChI=1S/C47H31N3S/c1-47(2)36-22-9-6-16-31(36)41-34(20-13-23-37(41)47)43-32-17-7-10-24-38(32)48-46(49-43)35-21-12-19-29-30-26-27-40-42(45(30)51-44(29)35)33-18-8-11-25-39(33)50(40)28-14-4-3-5-15-28/h3-27H,1-2H3. The second-order valence-corrected chi connectivity index (χ2v) is 15.1. The van der Waals surface area contributed by atoms with Gasteiger partial charge in [-0.2, -0.15) is 0 Å². The third-order valence-electron chi connectivity index (χ3n) is 11.0. The number of fused-ring (bicyclic) bond motifs is 11. The fourth-order valence-electron chi connectivity index (χ4n) is 8.69. The van der Waals surface area contributed by atoms with Gasteiger partial charge in [-0.25, -0.2) is 9.97 Å². The maximum absolute atomic E-state index is 5.51. The van der Waals surface area contributed by atoms with Crippen molar-refractivity contribution in [3.05, 3.63) is 163 Å². The van der Waals surface area contributed by atoms with Gasteiger partial charge in [-0.15, -0.1) is 11.3 Å². The van der Waals surface area contributed by atoms with E-state index in [9.17, 15) is 0 Å². The van der Waals surface area contributed by atoms with Crippen molar-refractivity contribution in [1.82, 2.24) is 14.5 Å². The summed E-state index contributed by atoms with van der Waals surface area (Å²) >= 11 is 1.86. The molecule has 51 heavy (non-hydrogen) atoms. The summed E-state index contributed by atoms with van der Waals surface area (Å²) < 4.78 is 4.90. The molecule has 0 atom stereocenters. The van der Waals surface area contributed by atoms with Gasteiger partial charge in [0.05, 0.1) is 22.2 Å². The van der Waals surface area contributed by atoms with E-state index in [1.807, 2.05) is 11.3 Å². The molecule has 1 aliphatic carbocycles. The van der Waals surface area contributed by atoms with Crippen LogP contribution in [-0.4, -0.2) is 14.5 Å². The molecule has 0 radical (unpaired) electrons. The second kappa shape index (κ2) is 10.5. The monoisotopic (exact) mass is 669 g/mol. The highest BCUT2D eigenvalue weighted by molar-refractivity contribution is 7.27. The van der Waals surface area contributed by atoms with Crippen molar-refractivity contribution in [3.8, 4) is 39.5 Å². The number of hydrogen-bond acceptors (Lipinski definition) is 3. The fourth-order valence-corrected chi connectivity index (χ4v) is 10.1. The van der Waals surface area contributed by atoms with Gasteiger partial charge < -0.3 is 4.57 Å². The van der Waals surface area contributed by atoms with Crippen molar-refractivity contribution in [1.29, 1.82) is 0 Å². The summed E-state index contributed by atoms with van der Waals surface area (Å²) in [6.45, 7) is 4.67. The van der Waals surface area contributed by atoms with E-state index < -0.39 is 0 Å². The van der Waals surface area contributed by atoms with E-state index in [1.54, 1.807) is 0 Å². The van der Waals surface area contributed by atoms with Gasteiger partial charge in [-0.05, 0) is 58.7 Å². The summed E-state index contributed by atoms with van der Waals surface area (Å²) in [5.41, 5.74) is 12.9. The van der Waals surface area contributed by atoms with Gasteiger partial charge >= 0.3 is 0 Å². The van der Waals surface area contributed by atoms with Gasteiger partial charge in [0, 0.05) is 58.6 Å². The average Bonchev–Trinajstić information content (AvgIpc) is 3.80. The second-order valence-electron chi connectivity index (χ2n) is 14.1. The summed E-state index contributed by atoms with van der Waals surface area (Å²) in [5.74, 6) is 0.756. The number of nitrogens with zero attached hydrogens (tertiary/aromatic N) is 3. The van der Waals surface area contributed by atoms with Gasteiger partial charge in [-0.1, -0.05) is 129 Å². The van der Waals surface area contributed by atoms with E-state index in [4.69, 9.17) is 9.97 Å². The van der Waals surface area contributed by atoms with E-state index in [2.05, 4.69) is 170 Å². The van der Waals surface area contributed by atoms with Crippen LogP contribution in [0.1, 0.15) is 25.0 Å². The lowest BCUT2D eigenvalue weighted by molar-refractivity contribution is 0.660. The quantitative estimate of drug-likeness (QED) is 0.187. The molecule has 3 aromatic heterocycles. The third-order valence-corrected chi connectivity index (χ3v) is 12.3. The summed E-state index contributed by atoms with van der Waals surface area (Å²) in [6.07, 6.45) is 0. The number of benzene rings is 7. The van der Waals surface area contributed by atoms with Crippen molar-refractivity contribution in [2.24, 2.45) is 0 Å². The summed E-state index contributed by atoms with van der Waals surface area (Å²) in [4.78, 5) is 10.8. The van der Waals surface area contributed by atoms with Gasteiger partial charge in [-0.3, -0.25) is 0 Å². The summed E-state index contributed by atoms with van der Waals surface area (Å²) in [7, 11) is 0. The van der Waals surface area contributed by atoms with Crippen LogP contribution < -0.4 is 0 Å². The van der Waals surface area contributed by atoms with Crippen molar-refractivity contribution in [2.75, 3.05) is 0 Å². The number of aromatic nitrogens is 3. The highest BCUT2D eigenvalue weighted by Crippen LogP contribution is 2.53. The smallest absolute Gasteiger partial charge is 0.161 e. The first-order valence-corrected chi connectivity index (χ1v) is 18.3. The van der Waals surface area contributed by atoms with Crippen LogP contribution in [0.4, 0.5) is 0 Å². The first-order chi connectivity index (χ1) is 25.1. The summed E-state index contributed by atoms with van der Waals surface area (Å²) in [5, 5.41) is 6.12. The number of para-hydroxylation sites is 3. The molecule has 3 nitrogen and oxygen atoms in total. The zero-order valence-electron chi connectivity index (χ0n) is 28.2. The lowest BCUT2D eigenvalue weighted by Crippen LogP contribution is -2.14. The van der Waals surface area contributed by atoms with Crippen LogP contribution in [-0.2, 0) is 5.41 Å². The molecule has 0 N–H and O–H groups in total.